The Bertz CT molecular complexity index is 678. The molecule has 0 aliphatic heterocycles. The lowest BCUT2D eigenvalue weighted by Crippen LogP contribution is -1.98. The molecule has 0 aromatic heterocycles. The van der Waals surface area contributed by atoms with E-state index in [0.29, 0.717) is 12.0 Å². The summed E-state index contributed by atoms with van der Waals surface area (Å²) in [5.41, 5.74) is 1.92. The van der Waals surface area contributed by atoms with E-state index in [9.17, 15) is 13.2 Å². The van der Waals surface area contributed by atoms with Gasteiger partial charge in [0, 0.05) is 5.56 Å². The molecule has 0 saturated heterocycles. The van der Waals surface area contributed by atoms with E-state index in [1.807, 2.05) is 24.3 Å². The van der Waals surface area contributed by atoms with Crippen LogP contribution in [0.2, 0.25) is 0 Å². The second kappa shape index (κ2) is 9.16. The van der Waals surface area contributed by atoms with Crippen molar-refractivity contribution in [2.45, 2.75) is 26.2 Å². The minimum atomic E-state index is -0.962. The van der Waals surface area contributed by atoms with Crippen molar-refractivity contribution < 1.29 is 17.9 Å². The molecule has 0 aliphatic rings. The molecule has 0 radical (unpaired) electrons. The van der Waals surface area contributed by atoms with E-state index in [1.165, 1.54) is 12.1 Å². The van der Waals surface area contributed by atoms with Gasteiger partial charge in [0.25, 0.3) is 0 Å². The van der Waals surface area contributed by atoms with Gasteiger partial charge in [-0.05, 0) is 49.4 Å². The summed E-state index contributed by atoms with van der Waals surface area (Å²) >= 11 is 0. The first kappa shape index (κ1) is 18.1. The van der Waals surface area contributed by atoms with Crippen LogP contribution in [0.3, 0.4) is 0 Å². The van der Waals surface area contributed by atoms with Gasteiger partial charge in [0.05, 0.1) is 13.3 Å². The van der Waals surface area contributed by atoms with Crippen LogP contribution < -0.4 is 4.74 Å². The SMILES string of the molecule is CCOc1ccc(-c2ccc(CC/C=C\CCF)cc2)c(F)c1F. The summed E-state index contributed by atoms with van der Waals surface area (Å²) in [6, 6.07) is 10.3. The molecule has 0 saturated carbocycles. The van der Waals surface area contributed by atoms with Crippen LogP contribution in [-0.2, 0) is 6.42 Å². The maximum atomic E-state index is 14.2. The average Bonchev–Trinajstić information content (AvgIpc) is 2.60. The van der Waals surface area contributed by atoms with Crippen molar-refractivity contribution in [3.8, 4) is 16.9 Å². The van der Waals surface area contributed by atoms with Gasteiger partial charge in [-0.1, -0.05) is 36.4 Å². The van der Waals surface area contributed by atoms with Crippen LogP contribution in [0.4, 0.5) is 13.2 Å². The van der Waals surface area contributed by atoms with Crippen molar-refractivity contribution in [1.29, 1.82) is 0 Å². The summed E-state index contributed by atoms with van der Waals surface area (Å²) in [5.74, 6) is -1.94. The van der Waals surface area contributed by atoms with Crippen LogP contribution in [0.1, 0.15) is 25.3 Å². The Morgan fingerprint density at radius 2 is 1.62 bits per heavy atom. The Kier molecular flexibility index (Phi) is 6.91. The molecule has 2 aromatic rings. The fourth-order valence-corrected chi connectivity index (χ4v) is 2.42. The van der Waals surface area contributed by atoms with Crippen LogP contribution in [0.25, 0.3) is 11.1 Å². The molecule has 24 heavy (non-hydrogen) atoms. The fourth-order valence-electron chi connectivity index (χ4n) is 2.42. The Morgan fingerprint density at radius 1 is 0.917 bits per heavy atom. The predicted octanol–water partition coefficient (Wildman–Crippen LogP) is 5.88. The molecular formula is C20H21F3O. The zero-order valence-corrected chi connectivity index (χ0v) is 13.7. The third-order valence-electron chi connectivity index (χ3n) is 3.65. The zero-order valence-electron chi connectivity index (χ0n) is 13.7. The second-order valence-corrected chi connectivity index (χ2v) is 5.36. The van der Waals surface area contributed by atoms with Gasteiger partial charge in [0.1, 0.15) is 0 Å². The van der Waals surface area contributed by atoms with Crippen molar-refractivity contribution in [2.75, 3.05) is 13.3 Å². The topological polar surface area (TPSA) is 9.23 Å². The molecular weight excluding hydrogens is 313 g/mol. The van der Waals surface area contributed by atoms with E-state index in [2.05, 4.69) is 0 Å². The third kappa shape index (κ3) is 4.63. The molecule has 0 fully saturated rings. The van der Waals surface area contributed by atoms with E-state index in [4.69, 9.17) is 4.74 Å². The van der Waals surface area contributed by atoms with Crippen LogP contribution in [0.5, 0.6) is 5.75 Å². The number of allylic oxidation sites excluding steroid dienone is 2. The fraction of sp³-hybridized carbons (Fsp3) is 0.300. The lowest BCUT2D eigenvalue weighted by molar-refractivity contribution is 0.314. The lowest BCUT2D eigenvalue weighted by Gasteiger charge is -2.09. The van der Waals surface area contributed by atoms with Crippen molar-refractivity contribution in [1.82, 2.24) is 0 Å². The number of hydrogen-bond acceptors (Lipinski definition) is 1. The number of aryl methyl sites for hydroxylation is 1. The summed E-state index contributed by atoms with van der Waals surface area (Å²) in [5, 5.41) is 0. The molecule has 128 valence electrons. The molecule has 0 unspecified atom stereocenters. The Hall–Kier alpha value is -2.23. The molecule has 0 N–H and O–H groups in total. The summed E-state index contributed by atoms with van der Waals surface area (Å²) in [7, 11) is 0. The Morgan fingerprint density at radius 3 is 2.29 bits per heavy atom. The van der Waals surface area contributed by atoms with Crippen LogP contribution in [-0.4, -0.2) is 13.3 Å². The van der Waals surface area contributed by atoms with E-state index in [-0.39, 0.29) is 24.6 Å². The summed E-state index contributed by atoms with van der Waals surface area (Å²) in [6.45, 7) is 1.66. The first-order valence-corrected chi connectivity index (χ1v) is 8.08. The second-order valence-electron chi connectivity index (χ2n) is 5.36. The van der Waals surface area contributed by atoms with E-state index >= 15 is 0 Å². The standard InChI is InChI=1S/C20H21F3O/c1-2-24-18-13-12-17(19(22)20(18)23)16-10-8-15(9-11-16)7-5-3-4-6-14-21/h3-4,8-13H,2,5-7,14H2,1H3/b4-3-. The zero-order chi connectivity index (χ0) is 17.4. The number of ether oxygens (including phenoxy) is 1. The highest BCUT2D eigenvalue weighted by Crippen LogP contribution is 2.30. The van der Waals surface area contributed by atoms with Crippen molar-refractivity contribution >= 4 is 0 Å². The Labute approximate surface area is 140 Å². The molecule has 0 aliphatic carbocycles. The summed E-state index contributed by atoms with van der Waals surface area (Å²) < 4.78 is 45.2. The van der Waals surface area contributed by atoms with Gasteiger partial charge in [-0.3, -0.25) is 4.39 Å². The highest BCUT2D eigenvalue weighted by atomic mass is 19.2. The predicted molar refractivity (Wildman–Crippen MR) is 91.0 cm³/mol. The minimum Gasteiger partial charge on any atom is -0.491 e. The number of rotatable bonds is 8. The van der Waals surface area contributed by atoms with E-state index in [0.717, 1.165) is 18.4 Å². The third-order valence-corrected chi connectivity index (χ3v) is 3.65. The number of alkyl halides is 1. The van der Waals surface area contributed by atoms with Crippen LogP contribution in [0.15, 0.2) is 48.6 Å². The quantitative estimate of drug-likeness (QED) is 0.548. The van der Waals surface area contributed by atoms with E-state index in [1.54, 1.807) is 19.1 Å². The number of hydrogen-bond donors (Lipinski definition) is 0. The normalized spacial score (nSPS) is 11.2. The van der Waals surface area contributed by atoms with Gasteiger partial charge in [-0.2, -0.15) is 4.39 Å². The largest absolute Gasteiger partial charge is 0.491 e. The van der Waals surface area contributed by atoms with Crippen LogP contribution in [0, 0.1) is 11.6 Å². The van der Waals surface area contributed by atoms with Gasteiger partial charge in [-0.25, -0.2) is 4.39 Å². The van der Waals surface area contributed by atoms with Crippen molar-refractivity contribution in [2.24, 2.45) is 0 Å². The maximum absolute atomic E-state index is 14.2. The lowest BCUT2D eigenvalue weighted by atomic mass is 10.0. The minimum absolute atomic E-state index is 0.0737. The monoisotopic (exact) mass is 334 g/mol. The molecule has 0 atom stereocenters. The highest BCUT2D eigenvalue weighted by Gasteiger charge is 2.15. The van der Waals surface area contributed by atoms with Gasteiger partial charge >= 0.3 is 0 Å². The smallest absolute Gasteiger partial charge is 0.201 e. The molecule has 0 amide bonds. The van der Waals surface area contributed by atoms with Gasteiger partial charge < -0.3 is 4.74 Å². The molecule has 2 aromatic carbocycles. The number of benzene rings is 2. The number of halogens is 3. The van der Waals surface area contributed by atoms with E-state index < -0.39 is 11.6 Å². The first-order valence-electron chi connectivity index (χ1n) is 8.08. The maximum Gasteiger partial charge on any atom is 0.201 e. The van der Waals surface area contributed by atoms with Gasteiger partial charge in [0.2, 0.25) is 5.82 Å². The average molecular weight is 334 g/mol. The van der Waals surface area contributed by atoms with Crippen LogP contribution >= 0.6 is 0 Å². The Balaban J connectivity index is 2.09. The molecule has 0 bridgehead atoms. The molecule has 2 rings (SSSR count). The highest BCUT2D eigenvalue weighted by molar-refractivity contribution is 5.65. The van der Waals surface area contributed by atoms with Gasteiger partial charge in [-0.15, -0.1) is 0 Å². The molecule has 0 spiro atoms. The molecule has 4 heteroatoms. The molecule has 1 nitrogen and oxygen atoms in total. The molecule has 0 heterocycles. The summed E-state index contributed by atoms with van der Waals surface area (Å²) in [4.78, 5) is 0. The van der Waals surface area contributed by atoms with Crippen molar-refractivity contribution in [3.05, 3.63) is 65.7 Å². The summed E-state index contributed by atoms with van der Waals surface area (Å²) in [6.07, 6.45) is 5.87. The first-order chi connectivity index (χ1) is 11.7. The van der Waals surface area contributed by atoms with Crippen molar-refractivity contribution in [3.63, 3.8) is 0 Å². The van der Waals surface area contributed by atoms with Gasteiger partial charge in [0.15, 0.2) is 11.6 Å².